The number of aliphatic carboxylic acids is 1. The van der Waals surface area contributed by atoms with E-state index in [0.717, 1.165) is 6.42 Å². The van der Waals surface area contributed by atoms with E-state index >= 15 is 0 Å². The average molecular weight is 313 g/mol. The Hall–Kier alpha value is -0.530. The van der Waals surface area contributed by atoms with Crippen molar-refractivity contribution in [3.8, 4) is 0 Å². The van der Waals surface area contributed by atoms with Crippen molar-refractivity contribution in [1.82, 2.24) is 0 Å². The van der Waals surface area contributed by atoms with Crippen LogP contribution >= 0.6 is 0 Å². The molecule has 1 N–H and O–H groups in total. The van der Waals surface area contributed by atoms with Crippen molar-refractivity contribution < 1.29 is 9.90 Å². The van der Waals surface area contributed by atoms with E-state index in [9.17, 15) is 4.79 Å². The number of rotatable bonds is 17. The van der Waals surface area contributed by atoms with E-state index in [1.54, 1.807) is 0 Å². The molecule has 0 aromatic heterocycles. The zero-order valence-electron chi connectivity index (χ0n) is 15.2. The fraction of sp³-hybridized carbons (Fsp3) is 0.950. The van der Waals surface area contributed by atoms with Crippen molar-refractivity contribution in [2.24, 2.45) is 5.92 Å². The third kappa shape index (κ3) is 17.5. The van der Waals surface area contributed by atoms with Crippen LogP contribution in [0.2, 0.25) is 0 Å². The third-order valence-electron chi connectivity index (χ3n) is 4.57. The van der Waals surface area contributed by atoms with Gasteiger partial charge in [-0.3, -0.25) is 4.79 Å². The number of hydrogen-bond acceptors (Lipinski definition) is 1. The quantitative estimate of drug-likeness (QED) is 0.294. The molecule has 0 heterocycles. The maximum atomic E-state index is 10.6. The molecule has 0 fully saturated rings. The van der Waals surface area contributed by atoms with Crippen LogP contribution < -0.4 is 0 Å². The zero-order chi connectivity index (χ0) is 16.5. The van der Waals surface area contributed by atoms with Crippen LogP contribution in [0.5, 0.6) is 0 Å². The van der Waals surface area contributed by atoms with Gasteiger partial charge >= 0.3 is 5.97 Å². The molecule has 0 saturated heterocycles. The lowest BCUT2D eigenvalue weighted by atomic mass is 9.99. The Balaban J connectivity index is 3.07. The van der Waals surface area contributed by atoms with E-state index in [4.69, 9.17) is 5.11 Å². The van der Waals surface area contributed by atoms with Crippen LogP contribution in [0.4, 0.5) is 0 Å². The molecule has 2 nitrogen and oxygen atoms in total. The maximum absolute atomic E-state index is 10.6. The lowest BCUT2D eigenvalue weighted by Gasteiger charge is -2.08. The minimum Gasteiger partial charge on any atom is -0.481 e. The highest BCUT2D eigenvalue weighted by atomic mass is 16.4. The largest absolute Gasteiger partial charge is 0.481 e. The van der Waals surface area contributed by atoms with Crippen molar-refractivity contribution in [2.45, 2.75) is 117 Å². The van der Waals surface area contributed by atoms with Crippen LogP contribution in [0.1, 0.15) is 117 Å². The number of carbonyl (C=O) groups is 1. The molecule has 1 atom stereocenters. The fourth-order valence-corrected chi connectivity index (χ4v) is 3.09. The highest BCUT2D eigenvalue weighted by molar-refractivity contribution is 5.66. The first-order chi connectivity index (χ1) is 10.7. The summed E-state index contributed by atoms with van der Waals surface area (Å²) in [6, 6.07) is 0. The van der Waals surface area contributed by atoms with E-state index in [-0.39, 0.29) is 0 Å². The maximum Gasteiger partial charge on any atom is 0.303 e. The topological polar surface area (TPSA) is 37.3 Å². The summed E-state index contributed by atoms with van der Waals surface area (Å²) in [4.78, 5) is 10.6. The van der Waals surface area contributed by atoms with Crippen molar-refractivity contribution in [3.63, 3.8) is 0 Å². The molecule has 0 amide bonds. The molecule has 0 saturated carbocycles. The van der Waals surface area contributed by atoms with Gasteiger partial charge in [0.25, 0.3) is 0 Å². The molecule has 22 heavy (non-hydrogen) atoms. The zero-order valence-corrected chi connectivity index (χ0v) is 15.2. The van der Waals surface area contributed by atoms with E-state index in [0.29, 0.717) is 12.3 Å². The Labute approximate surface area is 139 Å². The first-order valence-electron chi connectivity index (χ1n) is 9.88. The molecule has 132 valence electrons. The molecule has 0 aromatic carbocycles. The van der Waals surface area contributed by atoms with Crippen LogP contribution in [0.15, 0.2) is 0 Å². The van der Waals surface area contributed by atoms with Crippen LogP contribution in [-0.4, -0.2) is 11.1 Å². The SMILES string of the molecule is CCCCCCCCCCCCCCCC[C@@H](C)CC(=O)O. The smallest absolute Gasteiger partial charge is 0.303 e. The monoisotopic (exact) mass is 312 g/mol. The van der Waals surface area contributed by atoms with Crippen molar-refractivity contribution >= 4 is 5.97 Å². The van der Waals surface area contributed by atoms with E-state index in [2.05, 4.69) is 13.8 Å². The molecule has 0 aliphatic rings. The summed E-state index contributed by atoms with van der Waals surface area (Å²) in [6.07, 6.45) is 20.7. The van der Waals surface area contributed by atoms with Crippen molar-refractivity contribution in [1.29, 1.82) is 0 Å². The van der Waals surface area contributed by atoms with Crippen LogP contribution in [0.25, 0.3) is 0 Å². The van der Waals surface area contributed by atoms with Gasteiger partial charge in [0.2, 0.25) is 0 Å². The van der Waals surface area contributed by atoms with Crippen LogP contribution in [-0.2, 0) is 4.79 Å². The van der Waals surface area contributed by atoms with E-state index in [1.165, 1.54) is 89.9 Å². The summed E-state index contributed by atoms with van der Waals surface area (Å²) >= 11 is 0. The second kappa shape index (κ2) is 16.8. The number of hydrogen-bond donors (Lipinski definition) is 1. The van der Waals surface area contributed by atoms with Gasteiger partial charge in [-0.2, -0.15) is 0 Å². The standard InChI is InChI=1S/C20H40O2/c1-3-4-5-6-7-8-9-10-11-12-13-14-15-16-17-19(2)18-20(21)22/h19H,3-18H2,1-2H3,(H,21,22)/t19-/m1/s1. The van der Waals surface area contributed by atoms with Crippen molar-refractivity contribution in [3.05, 3.63) is 0 Å². The minimum absolute atomic E-state index is 0.332. The summed E-state index contributed by atoms with van der Waals surface area (Å²) in [5, 5.41) is 8.70. The minimum atomic E-state index is -0.655. The Bertz CT molecular complexity index is 238. The highest BCUT2D eigenvalue weighted by Gasteiger charge is 2.06. The average Bonchev–Trinajstić information content (AvgIpc) is 2.47. The molecule has 0 bridgehead atoms. The molecular formula is C20H40O2. The lowest BCUT2D eigenvalue weighted by Crippen LogP contribution is -2.03. The van der Waals surface area contributed by atoms with Gasteiger partial charge in [-0.15, -0.1) is 0 Å². The third-order valence-corrected chi connectivity index (χ3v) is 4.57. The lowest BCUT2D eigenvalue weighted by molar-refractivity contribution is -0.138. The molecule has 0 unspecified atom stereocenters. The van der Waals surface area contributed by atoms with Gasteiger partial charge in [0, 0.05) is 6.42 Å². The van der Waals surface area contributed by atoms with E-state index < -0.39 is 5.97 Å². The molecule has 0 aliphatic carbocycles. The second-order valence-electron chi connectivity index (χ2n) is 7.09. The predicted octanol–water partition coefficient (Wildman–Crippen LogP) is 6.97. The first-order valence-corrected chi connectivity index (χ1v) is 9.88. The summed E-state index contributed by atoms with van der Waals surface area (Å²) in [6.45, 7) is 4.33. The number of unbranched alkanes of at least 4 members (excludes halogenated alkanes) is 13. The van der Waals surface area contributed by atoms with Gasteiger partial charge < -0.3 is 5.11 Å². The molecule has 0 rings (SSSR count). The number of carboxylic acid groups (broad SMARTS) is 1. The Morgan fingerprint density at radius 3 is 1.45 bits per heavy atom. The molecule has 0 aromatic rings. The van der Waals surface area contributed by atoms with Gasteiger partial charge in [-0.05, 0) is 5.92 Å². The van der Waals surface area contributed by atoms with Gasteiger partial charge in [-0.1, -0.05) is 110 Å². The van der Waals surface area contributed by atoms with Gasteiger partial charge in [0.1, 0.15) is 0 Å². The van der Waals surface area contributed by atoms with Crippen LogP contribution in [0.3, 0.4) is 0 Å². The summed E-state index contributed by atoms with van der Waals surface area (Å²) in [5.41, 5.74) is 0. The van der Waals surface area contributed by atoms with Gasteiger partial charge in [-0.25, -0.2) is 0 Å². The van der Waals surface area contributed by atoms with Crippen LogP contribution in [0, 0.1) is 5.92 Å². The summed E-state index contributed by atoms with van der Waals surface area (Å²) in [7, 11) is 0. The molecule has 2 heteroatoms. The molecule has 0 aliphatic heterocycles. The van der Waals surface area contributed by atoms with Gasteiger partial charge in [0.05, 0.1) is 0 Å². The van der Waals surface area contributed by atoms with E-state index in [1.807, 2.05) is 0 Å². The van der Waals surface area contributed by atoms with Gasteiger partial charge in [0.15, 0.2) is 0 Å². The highest BCUT2D eigenvalue weighted by Crippen LogP contribution is 2.16. The second-order valence-corrected chi connectivity index (χ2v) is 7.09. The molecular weight excluding hydrogens is 272 g/mol. The van der Waals surface area contributed by atoms with Crippen molar-refractivity contribution in [2.75, 3.05) is 0 Å². The number of carboxylic acids is 1. The fourth-order valence-electron chi connectivity index (χ4n) is 3.09. The Morgan fingerprint density at radius 1 is 0.727 bits per heavy atom. The normalized spacial score (nSPS) is 12.5. The summed E-state index contributed by atoms with van der Waals surface area (Å²) < 4.78 is 0. The Morgan fingerprint density at radius 2 is 1.09 bits per heavy atom. The Kier molecular flexibility index (Phi) is 16.4. The first kappa shape index (κ1) is 21.5. The molecule has 0 spiro atoms. The summed E-state index contributed by atoms with van der Waals surface area (Å²) in [5.74, 6) is -0.312. The molecule has 0 radical (unpaired) electrons. The predicted molar refractivity (Wildman–Crippen MR) is 96.3 cm³/mol.